The van der Waals surface area contributed by atoms with Crippen molar-refractivity contribution in [3.05, 3.63) is 102 Å². The minimum Gasteiger partial charge on any atom is -0.458 e. The zero-order valence-corrected chi connectivity index (χ0v) is 16.5. The fourth-order valence-corrected chi connectivity index (χ4v) is 2.69. The number of nitrogens with two attached hydrogens (primary N) is 2. The fourth-order valence-electron chi connectivity index (χ4n) is 2.69. The molecule has 4 N–H and O–H groups in total. The summed E-state index contributed by atoms with van der Waals surface area (Å²) in [5, 5.41) is 0. The molecule has 148 valence electrons. The van der Waals surface area contributed by atoms with Crippen LogP contribution in [-0.2, 0) is 6.42 Å². The number of ether oxygens (including phenoxy) is 2. The molecule has 0 atom stereocenters. The van der Waals surface area contributed by atoms with Crippen LogP contribution < -0.4 is 20.9 Å². The Hall–Kier alpha value is -3.66. The van der Waals surface area contributed by atoms with Gasteiger partial charge in [-0.05, 0) is 91.2 Å². The number of rotatable bonds is 8. The second kappa shape index (κ2) is 10.0. The van der Waals surface area contributed by atoms with Gasteiger partial charge < -0.3 is 20.9 Å². The predicted molar refractivity (Wildman–Crippen MR) is 120 cm³/mol. The number of benzene rings is 3. The second-order valence-electron chi connectivity index (χ2n) is 6.61. The van der Waals surface area contributed by atoms with Crippen molar-refractivity contribution in [1.29, 1.82) is 0 Å². The summed E-state index contributed by atoms with van der Waals surface area (Å²) < 4.78 is 11.8. The molecule has 4 nitrogen and oxygen atoms in total. The Kier molecular flexibility index (Phi) is 6.95. The zero-order chi connectivity index (χ0) is 20.5. The molecule has 3 rings (SSSR count). The molecule has 3 aromatic rings. The quantitative estimate of drug-likeness (QED) is 0.278. The lowest BCUT2D eigenvalue weighted by Crippen LogP contribution is -1.93. The molecule has 29 heavy (non-hydrogen) atoms. The molecule has 0 saturated heterocycles. The smallest absolute Gasteiger partial charge is 0.127 e. The van der Waals surface area contributed by atoms with Crippen LogP contribution in [-0.4, -0.2) is 0 Å². The number of anilines is 2. The summed E-state index contributed by atoms with van der Waals surface area (Å²) in [7, 11) is 0. The van der Waals surface area contributed by atoms with E-state index in [1.807, 2.05) is 66.7 Å². The highest BCUT2D eigenvalue weighted by Crippen LogP contribution is 2.23. The van der Waals surface area contributed by atoms with Crippen molar-refractivity contribution in [3.63, 3.8) is 0 Å². The van der Waals surface area contributed by atoms with Crippen LogP contribution in [0.25, 0.3) is 0 Å². The van der Waals surface area contributed by atoms with E-state index >= 15 is 0 Å². The molecule has 0 aliphatic rings. The average molecular weight is 386 g/mol. The van der Waals surface area contributed by atoms with Gasteiger partial charge >= 0.3 is 0 Å². The summed E-state index contributed by atoms with van der Waals surface area (Å²) in [6.07, 6.45) is 7.84. The van der Waals surface area contributed by atoms with Gasteiger partial charge in [0, 0.05) is 11.4 Å². The van der Waals surface area contributed by atoms with Crippen molar-refractivity contribution in [3.8, 4) is 17.2 Å². The van der Waals surface area contributed by atoms with E-state index in [4.69, 9.17) is 20.9 Å². The molecule has 0 heterocycles. The number of nitrogen functional groups attached to an aromatic ring is 2. The van der Waals surface area contributed by atoms with E-state index in [-0.39, 0.29) is 0 Å². The lowest BCUT2D eigenvalue weighted by molar-refractivity contribution is 0.442. The zero-order valence-electron chi connectivity index (χ0n) is 16.5. The molecule has 0 spiro atoms. The number of hydrogen-bond acceptors (Lipinski definition) is 4. The Labute approximate surface area is 172 Å². The van der Waals surface area contributed by atoms with Gasteiger partial charge in [0.2, 0.25) is 0 Å². The lowest BCUT2D eigenvalue weighted by Gasteiger charge is -2.08. The van der Waals surface area contributed by atoms with Crippen LogP contribution in [0.3, 0.4) is 0 Å². The van der Waals surface area contributed by atoms with Gasteiger partial charge in [0.1, 0.15) is 23.0 Å². The Morgan fingerprint density at radius 3 is 1.83 bits per heavy atom. The van der Waals surface area contributed by atoms with Crippen LogP contribution in [0.2, 0.25) is 0 Å². The Morgan fingerprint density at radius 1 is 0.759 bits per heavy atom. The summed E-state index contributed by atoms with van der Waals surface area (Å²) in [6.45, 7) is 2.08. The average Bonchev–Trinajstić information content (AvgIpc) is 2.73. The van der Waals surface area contributed by atoms with Gasteiger partial charge in [0.05, 0.1) is 0 Å². The van der Waals surface area contributed by atoms with E-state index in [2.05, 4.69) is 31.2 Å². The third kappa shape index (κ3) is 6.47. The maximum absolute atomic E-state index is 5.93. The monoisotopic (exact) mass is 386 g/mol. The van der Waals surface area contributed by atoms with Gasteiger partial charge in [0.25, 0.3) is 0 Å². The third-order valence-electron chi connectivity index (χ3n) is 4.20. The highest BCUT2D eigenvalue weighted by atomic mass is 16.5. The van der Waals surface area contributed by atoms with Gasteiger partial charge in [-0.1, -0.05) is 25.1 Å². The molecular weight excluding hydrogens is 360 g/mol. The first-order chi connectivity index (χ1) is 14.1. The maximum atomic E-state index is 5.93. The van der Waals surface area contributed by atoms with E-state index in [9.17, 15) is 0 Å². The van der Waals surface area contributed by atoms with E-state index in [0.29, 0.717) is 0 Å². The van der Waals surface area contributed by atoms with Crippen molar-refractivity contribution in [1.82, 2.24) is 0 Å². The van der Waals surface area contributed by atoms with E-state index in [0.717, 1.165) is 47.2 Å². The molecule has 0 unspecified atom stereocenters. The Bertz CT molecular complexity index is 957. The van der Waals surface area contributed by atoms with Crippen molar-refractivity contribution in [2.24, 2.45) is 0 Å². The highest BCUT2D eigenvalue weighted by molar-refractivity contribution is 5.44. The van der Waals surface area contributed by atoms with Gasteiger partial charge in [-0.3, -0.25) is 0 Å². The van der Waals surface area contributed by atoms with E-state index in [1.165, 1.54) is 5.56 Å². The van der Waals surface area contributed by atoms with Crippen LogP contribution in [0.5, 0.6) is 17.2 Å². The Morgan fingerprint density at radius 2 is 1.28 bits per heavy atom. The van der Waals surface area contributed by atoms with Crippen LogP contribution in [0.1, 0.15) is 18.9 Å². The normalized spacial score (nSPS) is 11.6. The summed E-state index contributed by atoms with van der Waals surface area (Å²) in [6, 6.07) is 22.8. The molecule has 0 radical (unpaired) electrons. The van der Waals surface area contributed by atoms with Crippen molar-refractivity contribution in [2.75, 3.05) is 11.5 Å². The lowest BCUT2D eigenvalue weighted by atomic mass is 10.1. The molecule has 0 saturated carbocycles. The molecule has 0 aliphatic heterocycles. The molecule has 0 amide bonds. The summed E-state index contributed by atoms with van der Waals surface area (Å²) in [4.78, 5) is 0. The van der Waals surface area contributed by atoms with Crippen LogP contribution in [0.15, 0.2) is 96.8 Å². The van der Waals surface area contributed by atoms with Crippen molar-refractivity contribution >= 4 is 11.4 Å². The van der Waals surface area contributed by atoms with Gasteiger partial charge in [-0.2, -0.15) is 0 Å². The first-order valence-electron chi connectivity index (χ1n) is 9.65. The molecule has 3 aromatic carbocycles. The van der Waals surface area contributed by atoms with Crippen LogP contribution in [0.4, 0.5) is 11.4 Å². The van der Waals surface area contributed by atoms with E-state index < -0.39 is 0 Å². The standard InChI is InChI=1S/C25H26N2O2/c1-2-4-22(28-24-15-9-20(26)10-16-24)6-3-5-19-7-13-23(14-8-19)29-25-17-11-21(27)12-18-25/h3-4,6-18H,2,5,26-27H2,1H3/b6-3-,22-4+. The number of hydrogen-bond donors (Lipinski definition) is 2. The first kappa shape index (κ1) is 20.1. The third-order valence-corrected chi connectivity index (χ3v) is 4.20. The van der Waals surface area contributed by atoms with Gasteiger partial charge in [-0.25, -0.2) is 0 Å². The second-order valence-corrected chi connectivity index (χ2v) is 6.61. The molecule has 0 aliphatic carbocycles. The Balaban J connectivity index is 1.57. The minimum atomic E-state index is 0.719. The van der Waals surface area contributed by atoms with Gasteiger partial charge in [-0.15, -0.1) is 0 Å². The predicted octanol–water partition coefficient (Wildman–Crippen LogP) is 6.11. The van der Waals surface area contributed by atoms with E-state index in [1.54, 1.807) is 0 Å². The molecule has 0 aromatic heterocycles. The van der Waals surface area contributed by atoms with Gasteiger partial charge in [0.15, 0.2) is 0 Å². The SMILES string of the molecule is CC/C=C(\C=C/Cc1ccc(Oc2ccc(N)cc2)cc1)Oc1ccc(N)cc1. The molecule has 4 heteroatoms. The van der Waals surface area contributed by atoms with Crippen molar-refractivity contribution in [2.45, 2.75) is 19.8 Å². The summed E-state index contributed by atoms with van der Waals surface area (Å²) >= 11 is 0. The number of allylic oxidation sites excluding steroid dienone is 3. The topological polar surface area (TPSA) is 70.5 Å². The molecule has 0 bridgehead atoms. The summed E-state index contributed by atoms with van der Waals surface area (Å²) in [5.41, 5.74) is 14.0. The minimum absolute atomic E-state index is 0.719. The maximum Gasteiger partial charge on any atom is 0.127 e. The van der Waals surface area contributed by atoms with Crippen LogP contribution >= 0.6 is 0 Å². The largest absolute Gasteiger partial charge is 0.458 e. The highest BCUT2D eigenvalue weighted by Gasteiger charge is 1.99. The first-order valence-corrected chi connectivity index (χ1v) is 9.65. The molecular formula is C25H26N2O2. The van der Waals surface area contributed by atoms with Crippen molar-refractivity contribution < 1.29 is 9.47 Å². The summed E-state index contributed by atoms with van der Waals surface area (Å²) in [5.74, 6) is 3.15. The van der Waals surface area contributed by atoms with Crippen LogP contribution in [0, 0.1) is 0 Å². The molecule has 0 fully saturated rings. The fraction of sp³-hybridized carbons (Fsp3) is 0.120.